The number of nitro benzene ring substituents is 1. The van der Waals surface area contributed by atoms with Gasteiger partial charge in [0.1, 0.15) is 5.75 Å². The first-order chi connectivity index (χ1) is 13.1. The number of ether oxygens (including phenoxy) is 3. The van der Waals surface area contributed by atoms with E-state index < -0.39 is 11.0 Å². The summed E-state index contributed by atoms with van der Waals surface area (Å²) >= 11 is 0. The Hall–Kier alpha value is -3.13. The lowest BCUT2D eigenvalue weighted by Gasteiger charge is -2.30. The number of benzene rings is 2. The molecule has 0 aliphatic carbocycles. The third kappa shape index (κ3) is 4.35. The molecule has 1 atom stereocenters. The van der Waals surface area contributed by atoms with Gasteiger partial charge in [-0.1, -0.05) is 30.3 Å². The van der Waals surface area contributed by atoms with Crippen molar-refractivity contribution in [3.63, 3.8) is 0 Å². The molecule has 0 aromatic heterocycles. The van der Waals surface area contributed by atoms with Crippen molar-refractivity contribution in [1.82, 2.24) is 4.90 Å². The fourth-order valence-electron chi connectivity index (χ4n) is 2.83. The van der Waals surface area contributed by atoms with Crippen molar-refractivity contribution >= 4 is 11.6 Å². The molecule has 1 amide bonds. The first-order valence-electron chi connectivity index (χ1n) is 8.50. The molecule has 2 aromatic carbocycles. The summed E-state index contributed by atoms with van der Waals surface area (Å²) in [6.07, 6.45) is -0.989. The quantitative estimate of drug-likeness (QED) is 0.572. The highest BCUT2D eigenvalue weighted by Crippen LogP contribution is 2.35. The maximum Gasteiger partial charge on any atom is 0.314 e. The molecule has 8 nitrogen and oxygen atoms in total. The van der Waals surface area contributed by atoms with Crippen LogP contribution in [-0.4, -0.2) is 49.1 Å². The van der Waals surface area contributed by atoms with E-state index >= 15 is 0 Å². The average Bonchev–Trinajstić information content (AvgIpc) is 2.72. The number of hydrogen-bond donors (Lipinski definition) is 0. The molecule has 142 valence electrons. The predicted octanol–water partition coefficient (Wildman–Crippen LogP) is 2.58. The number of rotatable bonds is 6. The summed E-state index contributed by atoms with van der Waals surface area (Å²) in [5.74, 6) is 0.0932. The number of carbonyl (C=O) groups is 1. The summed E-state index contributed by atoms with van der Waals surface area (Å²) in [6, 6.07) is 13.2. The van der Waals surface area contributed by atoms with Gasteiger partial charge in [-0.15, -0.1) is 0 Å². The van der Waals surface area contributed by atoms with Crippen molar-refractivity contribution < 1.29 is 23.9 Å². The molecule has 27 heavy (non-hydrogen) atoms. The fraction of sp³-hybridized carbons (Fsp3) is 0.316. The van der Waals surface area contributed by atoms with Crippen molar-refractivity contribution in [2.45, 2.75) is 6.10 Å². The van der Waals surface area contributed by atoms with Gasteiger partial charge in [-0.2, -0.15) is 0 Å². The molecule has 2 aromatic rings. The Labute approximate surface area is 156 Å². The summed E-state index contributed by atoms with van der Waals surface area (Å²) in [6.45, 7) is 1.82. The van der Waals surface area contributed by atoms with Gasteiger partial charge in [0, 0.05) is 18.7 Å². The van der Waals surface area contributed by atoms with Crippen LogP contribution in [-0.2, 0) is 9.53 Å². The van der Waals surface area contributed by atoms with Crippen molar-refractivity contribution in [3.8, 4) is 11.5 Å². The van der Waals surface area contributed by atoms with Gasteiger partial charge < -0.3 is 19.1 Å². The van der Waals surface area contributed by atoms with E-state index in [4.69, 9.17) is 14.2 Å². The van der Waals surface area contributed by atoms with Gasteiger partial charge >= 0.3 is 5.69 Å². The first kappa shape index (κ1) is 18.7. The number of carbonyl (C=O) groups excluding carboxylic acids is 1. The van der Waals surface area contributed by atoms with Crippen molar-refractivity contribution in [2.24, 2.45) is 0 Å². The molecular weight excluding hydrogens is 352 g/mol. The van der Waals surface area contributed by atoms with Gasteiger partial charge in [0.2, 0.25) is 6.10 Å². The third-order valence-electron chi connectivity index (χ3n) is 4.26. The lowest BCUT2D eigenvalue weighted by atomic mass is 10.1. The van der Waals surface area contributed by atoms with Crippen LogP contribution in [0.2, 0.25) is 0 Å². The van der Waals surface area contributed by atoms with E-state index in [1.165, 1.54) is 19.2 Å². The molecule has 1 aliphatic heterocycles. The van der Waals surface area contributed by atoms with Crippen LogP contribution in [0.25, 0.3) is 0 Å². The van der Waals surface area contributed by atoms with E-state index in [0.717, 1.165) is 0 Å². The minimum Gasteiger partial charge on any atom is -0.496 e. The highest BCUT2D eigenvalue weighted by Gasteiger charge is 2.31. The smallest absolute Gasteiger partial charge is 0.314 e. The predicted molar refractivity (Wildman–Crippen MR) is 96.9 cm³/mol. The van der Waals surface area contributed by atoms with Crippen LogP contribution < -0.4 is 9.47 Å². The second-order valence-electron chi connectivity index (χ2n) is 5.94. The second kappa shape index (κ2) is 8.50. The molecule has 3 rings (SSSR count). The van der Waals surface area contributed by atoms with Gasteiger partial charge in [0.15, 0.2) is 5.75 Å². The lowest BCUT2D eigenvalue weighted by molar-refractivity contribution is -0.386. The molecule has 8 heteroatoms. The zero-order chi connectivity index (χ0) is 19.2. The highest BCUT2D eigenvalue weighted by atomic mass is 16.6. The number of nitro groups is 1. The van der Waals surface area contributed by atoms with Crippen LogP contribution in [0.15, 0.2) is 48.5 Å². The fourth-order valence-corrected chi connectivity index (χ4v) is 2.83. The molecule has 0 radical (unpaired) electrons. The Kier molecular flexibility index (Phi) is 5.87. The third-order valence-corrected chi connectivity index (χ3v) is 4.26. The van der Waals surface area contributed by atoms with E-state index in [1.807, 2.05) is 6.07 Å². The van der Waals surface area contributed by atoms with E-state index in [2.05, 4.69) is 0 Å². The zero-order valence-corrected chi connectivity index (χ0v) is 14.9. The van der Waals surface area contributed by atoms with Crippen LogP contribution in [0.3, 0.4) is 0 Å². The summed E-state index contributed by atoms with van der Waals surface area (Å²) < 4.78 is 16.2. The number of amides is 1. The zero-order valence-electron chi connectivity index (χ0n) is 14.9. The molecule has 1 fully saturated rings. The maximum atomic E-state index is 13.1. The van der Waals surface area contributed by atoms with Gasteiger partial charge in [-0.05, 0) is 12.1 Å². The van der Waals surface area contributed by atoms with Crippen molar-refractivity contribution in [3.05, 3.63) is 64.2 Å². The van der Waals surface area contributed by atoms with E-state index in [0.29, 0.717) is 37.6 Å². The standard InChI is InChI=1S/C19H20N2O6/c1-25-15-7-8-17(16(13-15)21(23)24)27-18(14-5-3-2-4-6-14)19(22)20-9-11-26-12-10-20/h2-8,13,18H,9-12H2,1H3/t18-/m1/s1. The monoisotopic (exact) mass is 372 g/mol. The van der Waals surface area contributed by atoms with E-state index in [-0.39, 0.29) is 17.3 Å². The molecular formula is C19H20N2O6. The Morgan fingerprint density at radius 1 is 1.19 bits per heavy atom. The second-order valence-corrected chi connectivity index (χ2v) is 5.94. The largest absolute Gasteiger partial charge is 0.496 e. The van der Waals surface area contributed by atoms with Gasteiger partial charge in [0.25, 0.3) is 5.91 Å². The Balaban J connectivity index is 1.94. The summed E-state index contributed by atoms with van der Waals surface area (Å²) in [5.41, 5.74) is 0.365. The SMILES string of the molecule is COc1ccc(O[C@@H](C(=O)N2CCOCC2)c2ccccc2)c([N+](=O)[O-])c1. The summed E-state index contributed by atoms with van der Waals surface area (Å²) in [7, 11) is 1.42. The molecule has 0 spiro atoms. The van der Waals surface area contributed by atoms with Crippen LogP contribution in [0.4, 0.5) is 5.69 Å². The molecule has 0 N–H and O–H groups in total. The highest BCUT2D eigenvalue weighted by molar-refractivity contribution is 5.83. The lowest BCUT2D eigenvalue weighted by Crippen LogP contribution is -2.44. The van der Waals surface area contributed by atoms with Crippen LogP contribution in [0.1, 0.15) is 11.7 Å². The Bertz CT molecular complexity index is 805. The van der Waals surface area contributed by atoms with Crippen molar-refractivity contribution in [1.29, 1.82) is 0 Å². The molecule has 1 aliphatic rings. The Morgan fingerprint density at radius 2 is 1.89 bits per heavy atom. The number of methoxy groups -OCH3 is 1. The van der Waals surface area contributed by atoms with Gasteiger partial charge in [-0.3, -0.25) is 14.9 Å². The summed E-state index contributed by atoms with van der Waals surface area (Å²) in [4.78, 5) is 25.6. The van der Waals surface area contributed by atoms with Gasteiger partial charge in [0.05, 0.1) is 31.3 Å². The number of hydrogen-bond acceptors (Lipinski definition) is 6. The average molecular weight is 372 g/mol. The minimum absolute atomic E-state index is 0.0104. The minimum atomic E-state index is -0.989. The maximum absolute atomic E-state index is 13.1. The molecule has 0 unspecified atom stereocenters. The molecule has 1 heterocycles. The topological polar surface area (TPSA) is 91.1 Å². The number of morpholine rings is 1. The van der Waals surface area contributed by atoms with E-state index in [9.17, 15) is 14.9 Å². The van der Waals surface area contributed by atoms with Crippen molar-refractivity contribution in [2.75, 3.05) is 33.4 Å². The van der Waals surface area contributed by atoms with Crippen LogP contribution in [0, 0.1) is 10.1 Å². The molecule has 0 bridgehead atoms. The molecule has 1 saturated heterocycles. The first-order valence-corrected chi connectivity index (χ1v) is 8.50. The van der Waals surface area contributed by atoms with Crippen LogP contribution in [0.5, 0.6) is 11.5 Å². The Morgan fingerprint density at radius 3 is 2.52 bits per heavy atom. The summed E-state index contributed by atoms with van der Waals surface area (Å²) in [5, 5.41) is 11.4. The van der Waals surface area contributed by atoms with E-state index in [1.54, 1.807) is 35.2 Å². The van der Waals surface area contributed by atoms with Crippen LogP contribution >= 0.6 is 0 Å². The molecule has 0 saturated carbocycles. The normalized spacial score (nSPS) is 15.1. The number of nitrogens with zero attached hydrogens (tertiary/aromatic N) is 2. The van der Waals surface area contributed by atoms with Gasteiger partial charge in [-0.25, -0.2) is 0 Å².